The van der Waals surface area contributed by atoms with E-state index < -0.39 is 0 Å². The van der Waals surface area contributed by atoms with Crippen LogP contribution in [0.5, 0.6) is 0 Å². The van der Waals surface area contributed by atoms with Gasteiger partial charge in [-0.15, -0.1) is 0 Å². The van der Waals surface area contributed by atoms with Crippen LogP contribution in [0.4, 0.5) is 0 Å². The predicted molar refractivity (Wildman–Crippen MR) is 67.9 cm³/mol. The van der Waals surface area contributed by atoms with Crippen LogP contribution in [-0.4, -0.2) is 46.7 Å². The van der Waals surface area contributed by atoms with Crippen molar-refractivity contribution >= 4 is 0 Å². The quantitative estimate of drug-likeness (QED) is 0.833. The number of hydrogen-bond donors (Lipinski definition) is 1. The summed E-state index contributed by atoms with van der Waals surface area (Å²) in [7, 11) is 2.08. The van der Waals surface area contributed by atoms with Crippen molar-refractivity contribution in [2.75, 3.05) is 26.2 Å². The Morgan fingerprint density at radius 3 is 3.24 bits per heavy atom. The number of nitrogens with zero attached hydrogens (tertiary/aromatic N) is 3. The van der Waals surface area contributed by atoms with E-state index in [4.69, 9.17) is 0 Å². The lowest BCUT2D eigenvalue weighted by Gasteiger charge is -2.36. The number of imidazole rings is 1. The number of rotatable bonds is 3. The Kier molecular flexibility index (Phi) is 3.16. The highest BCUT2D eigenvalue weighted by atomic mass is 15.2. The van der Waals surface area contributed by atoms with E-state index >= 15 is 0 Å². The zero-order chi connectivity index (χ0) is 11.7. The van der Waals surface area contributed by atoms with Crippen molar-refractivity contribution in [2.45, 2.75) is 25.3 Å². The number of nitrogens with one attached hydrogen (secondary N) is 1. The van der Waals surface area contributed by atoms with Gasteiger partial charge in [0.05, 0.1) is 0 Å². The molecule has 2 saturated heterocycles. The summed E-state index contributed by atoms with van der Waals surface area (Å²) in [6, 6.07) is 0.781. The van der Waals surface area contributed by atoms with Gasteiger partial charge in [0.2, 0.25) is 0 Å². The standard InChI is InChI=1S/C13H22N4/c1-16-8-5-15-13(16)4-7-17-6-2-3-11-9-14-10-12(11)17/h5,8,11-12,14H,2-4,6-7,9-10H2,1H3. The molecule has 0 amide bonds. The molecular formula is C13H22N4. The molecule has 1 aromatic heterocycles. The van der Waals surface area contributed by atoms with Gasteiger partial charge in [0.1, 0.15) is 5.82 Å². The van der Waals surface area contributed by atoms with E-state index in [9.17, 15) is 0 Å². The number of aromatic nitrogens is 2. The Hall–Kier alpha value is -0.870. The maximum Gasteiger partial charge on any atom is 0.109 e. The summed E-state index contributed by atoms with van der Waals surface area (Å²) >= 11 is 0. The van der Waals surface area contributed by atoms with Crippen molar-refractivity contribution in [1.82, 2.24) is 19.8 Å². The zero-order valence-corrected chi connectivity index (χ0v) is 10.6. The molecule has 2 aliphatic heterocycles. The molecule has 4 nitrogen and oxygen atoms in total. The van der Waals surface area contributed by atoms with E-state index in [0.29, 0.717) is 0 Å². The molecule has 0 aliphatic carbocycles. The molecule has 3 heterocycles. The normalized spacial score (nSPS) is 29.5. The maximum absolute atomic E-state index is 4.41. The average molecular weight is 234 g/mol. The van der Waals surface area contributed by atoms with Crippen molar-refractivity contribution in [3.63, 3.8) is 0 Å². The minimum absolute atomic E-state index is 0.781. The van der Waals surface area contributed by atoms with Gasteiger partial charge in [-0.3, -0.25) is 4.90 Å². The third kappa shape index (κ3) is 2.24. The molecule has 0 aromatic carbocycles. The molecule has 0 spiro atoms. The smallest absolute Gasteiger partial charge is 0.109 e. The lowest BCUT2D eigenvalue weighted by molar-refractivity contribution is 0.126. The van der Waals surface area contributed by atoms with Crippen LogP contribution in [0.15, 0.2) is 12.4 Å². The molecule has 2 fully saturated rings. The van der Waals surface area contributed by atoms with Crippen molar-refractivity contribution in [3.8, 4) is 0 Å². The minimum atomic E-state index is 0.781. The summed E-state index contributed by atoms with van der Waals surface area (Å²) in [5.41, 5.74) is 0. The van der Waals surface area contributed by atoms with E-state index in [-0.39, 0.29) is 0 Å². The van der Waals surface area contributed by atoms with Gasteiger partial charge in [0.25, 0.3) is 0 Å². The molecule has 94 valence electrons. The Morgan fingerprint density at radius 1 is 1.47 bits per heavy atom. The highest BCUT2D eigenvalue weighted by Crippen LogP contribution is 2.26. The molecule has 2 atom stereocenters. The molecule has 1 aromatic rings. The third-order valence-corrected chi connectivity index (χ3v) is 4.34. The van der Waals surface area contributed by atoms with Crippen molar-refractivity contribution in [3.05, 3.63) is 18.2 Å². The fourth-order valence-electron chi connectivity index (χ4n) is 3.32. The lowest BCUT2D eigenvalue weighted by atomic mass is 9.92. The molecule has 0 bridgehead atoms. The first-order chi connectivity index (χ1) is 8.34. The molecule has 0 radical (unpaired) electrons. The second-order valence-electron chi connectivity index (χ2n) is 5.37. The number of hydrogen-bond acceptors (Lipinski definition) is 3. The van der Waals surface area contributed by atoms with Crippen molar-refractivity contribution < 1.29 is 0 Å². The lowest BCUT2D eigenvalue weighted by Crippen LogP contribution is -2.45. The van der Waals surface area contributed by atoms with Gasteiger partial charge in [0, 0.05) is 45.0 Å². The third-order valence-electron chi connectivity index (χ3n) is 4.34. The first kappa shape index (κ1) is 11.2. The summed E-state index contributed by atoms with van der Waals surface area (Å²) in [6.45, 7) is 4.84. The summed E-state index contributed by atoms with van der Waals surface area (Å²) in [5.74, 6) is 2.10. The highest BCUT2D eigenvalue weighted by molar-refractivity contribution is 4.95. The van der Waals surface area contributed by atoms with E-state index in [0.717, 1.165) is 24.9 Å². The van der Waals surface area contributed by atoms with Gasteiger partial charge in [-0.1, -0.05) is 0 Å². The van der Waals surface area contributed by atoms with E-state index in [1.165, 1.54) is 38.3 Å². The van der Waals surface area contributed by atoms with Crippen LogP contribution in [0, 0.1) is 5.92 Å². The molecule has 17 heavy (non-hydrogen) atoms. The first-order valence-corrected chi connectivity index (χ1v) is 6.75. The SMILES string of the molecule is Cn1ccnc1CCN1CCCC2CNCC21. The molecular weight excluding hydrogens is 212 g/mol. The topological polar surface area (TPSA) is 33.1 Å². The summed E-state index contributed by atoms with van der Waals surface area (Å²) in [4.78, 5) is 7.08. The van der Waals surface area contributed by atoms with Gasteiger partial charge in [-0.05, 0) is 31.8 Å². The zero-order valence-electron chi connectivity index (χ0n) is 10.6. The van der Waals surface area contributed by atoms with Gasteiger partial charge in [-0.25, -0.2) is 4.98 Å². The second kappa shape index (κ2) is 4.78. The number of fused-ring (bicyclic) bond motifs is 1. The van der Waals surface area contributed by atoms with Crippen LogP contribution >= 0.6 is 0 Å². The minimum Gasteiger partial charge on any atom is -0.338 e. The molecule has 1 N–H and O–H groups in total. The molecule has 0 saturated carbocycles. The fourth-order valence-corrected chi connectivity index (χ4v) is 3.32. The van der Waals surface area contributed by atoms with Gasteiger partial charge in [0.15, 0.2) is 0 Å². The molecule has 4 heteroatoms. The van der Waals surface area contributed by atoms with Crippen LogP contribution in [0.1, 0.15) is 18.7 Å². The first-order valence-electron chi connectivity index (χ1n) is 6.75. The summed E-state index contributed by atoms with van der Waals surface area (Å²) in [6.07, 6.45) is 7.78. The largest absolute Gasteiger partial charge is 0.338 e. The Bertz CT molecular complexity index is 373. The molecule has 2 aliphatic rings. The van der Waals surface area contributed by atoms with Crippen LogP contribution in [0.25, 0.3) is 0 Å². The van der Waals surface area contributed by atoms with Crippen LogP contribution in [0.2, 0.25) is 0 Å². The van der Waals surface area contributed by atoms with Crippen molar-refractivity contribution in [2.24, 2.45) is 13.0 Å². The molecule has 2 unspecified atom stereocenters. The average Bonchev–Trinajstić information content (AvgIpc) is 2.95. The van der Waals surface area contributed by atoms with E-state index in [1.807, 2.05) is 12.4 Å². The Labute approximate surface area is 103 Å². The number of likely N-dealkylation sites (tertiary alicyclic amines) is 1. The van der Waals surface area contributed by atoms with Gasteiger partial charge in [-0.2, -0.15) is 0 Å². The van der Waals surface area contributed by atoms with Crippen LogP contribution < -0.4 is 5.32 Å². The Morgan fingerprint density at radius 2 is 2.41 bits per heavy atom. The number of piperidine rings is 1. The van der Waals surface area contributed by atoms with E-state index in [2.05, 4.69) is 26.8 Å². The molecule has 3 rings (SSSR count). The second-order valence-corrected chi connectivity index (χ2v) is 5.37. The van der Waals surface area contributed by atoms with Crippen LogP contribution in [-0.2, 0) is 13.5 Å². The fraction of sp³-hybridized carbons (Fsp3) is 0.769. The predicted octanol–water partition coefficient (Wildman–Crippen LogP) is 0.646. The van der Waals surface area contributed by atoms with E-state index in [1.54, 1.807) is 0 Å². The number of aryl methyl sites for hydroxylation is 1. The van der Waals surface area contributed by atoms with Gasteiger partial charge < -0.3 is 9.88 Å². The summed E-state index contributed by atoms with van der Waals surface area (Å²) in [5, 5.41) is 3.54. The monoisotopic (exact) mass is 234 g/mol. The Balaban J connectivity index is 1.59. The highest BCUT2D eigenvalue weighted by Gasteiger charge is 2.34. The van der Waals surface area contributed by atoms with Crippen molar-refractivity contribution in [1.29, 1.82) is 0 Å². The summed E-state index contributed by atoms with van der Waals surface area (Å²) < 4.78 is 2.13. The maximum atomic E-state index is 4.41. The van der Waals surface area contributed by atoms with Gasteiger partial charge >= 0.3 is 0 Å². The van der Waals surface area contributed by atoms with Crippen LogP contribution in [0.3, 0.4) is 0 Å².